The first-order valence-corrected chi connectivity index (χ1v) is 10.6. The van der Waals surface area contributed by atoms with E-state index < -0.39 is 0 Å². The zero-order chi connectivity index (χ0) is 22.0. The van der Waals surface area contributed by atoms with Gasteiger partial charge in [-0.25, -0.2) is 9.97 Å². The maximum atomic E-state index is 12.7. The number of carbonyl (C=O) groups excluding carboxylic acids is 1. The highest BCUT2D eigenvalue weighted by Gasteiger charge is 2.27. The largest absolute Gasteiger partial charge is 0.506 e. The number of hydrogen-bond acceptors (Lipinski definition) is 6. The van der Waals surface area contributed by atoms with Crippen molar-refractivity contribution in [2.75, 3.05) is 23.3 Å². The molecule has 0 bridgehead atoms. The van der Waals surface area contributed by atoms with Crippen LogP contribution in [0, 0.1) is 19.8 Å². The van der Waals surface area contributed by atoms with Crippen molar-refractivity contribution in [2.45, 2.75) is 26.7 Å². The number of aryl methyl sites for hydroxylation is 1. The summed E-state index contributed by atoms with van der Waals surface area (Å²) in [4.78, 5) is 28.5. The van der Waals surface area contributed by atoms with Crippen molar-refractivity contribution in [2.24, 2.45) is 5.92 Å². The van der Waals surface area contributed by atoms with E-state index in [-0.39, 0.29) is 17.6 Å². The van der Waals surface area contributed by atoms with Gasteiger partial charge in [-0.05, 0) is 57.0 Å². The number of amides is 1. The molecule has 0 aliphatic carbocycles. The number of piperidine rings is 1. The van der Waals surface area contributed by atoms with Gasteiger partial charge in [-0.3, -0.25) is 9.78 Å². The van der Waals surface area contributed by atoms with Crippen LogP contribution in [0.5, 0.6) is 5.75 Å². The Morgan fingerprint density at radius 1 is 1.19 bits per heavy atom. The van der Waals surface area contributed by atoms with Gasteiger partial charge in [0.1, 0.15) is 11.6 Å². The number of anilines is 2. The van der Waals surface area contributed by atoms with E-state index in [4.69, 9.17) is 16.6 Å². The van der Waals surface area contributed by atoms with Crippen molar-refractivity contribution in [1.82, 2.24) is 15.0 Å². The maximum absolute atomic E-state index is 12.7. The lowest BCUT2D eigenvalue weighted by atomic mass is 9.95. The Kier molecular flexibility index (Phi) is 6.04. The smallest absolute Gasteiger partial charge is 0.227 e. The summed E-state index contributed by atoms with van der Waals surface area (Å²) in [6.07, 6.45) is 4.87. The fourth-order valence-electron chi connectivity index (χ4n) is 3.74. The Hall–Kier alpha value is -3.19. The number of phenolic OH excluding ortho intramolecular Hbond substituents is 1. The summed E-state index contributed by atoms with van der Waals surface area (Å²) < 4.78 is 0. The van der Waals surface area contributed by atoms with E-state index in [0.717, 1.165) is 22.6 Å². The van der Waals surface area contributed by atoms with Gasteiger partial charge < -0.3 is 15.3 Å². The van der Waals surface area contributed by atoms with Gasteiger partial charge in [0.25, 0.3) is 0 Å². The van der Waals surface area contributed by atoms with Crippen LogP contribution >= 0.6 is 11.6 Å². The minimum atomic E-state index is -0.143. The second-order valence-corrected chi connectivity index (χ2v) is 8.17. The molecule has 1 aliphatic rings. The van der Waals surface area contributed by atoms with Gasteiger partial charge >= 0.3 is 0 Å². The molecule has 3 heterocycles. The number of benzene rings is 1. The van der Waals surface area contributed by atoms with Crippen LogP contribution in [0.15, 0.2) is 42.7 Å². The highest BCUT2D eigenvalue weighted by Crippen LogP contribution is 2.30. The molecule has 0 spiro atoms. The molecule has 8 heteroatoms. The Balaban J connectivity index is 1.47. The summed E-state index contributed by atoms with van der Waals surface area (Å²) in [5.74, 6) is 1.31. The van der Waals surface area contributed by atoms with Crippen molar-refractivity contribution in [3.63, 3.8) is 0 Å². The summed E-state index contributed by atoms with van der Waals surface area (Å²) in [7, 11) is 0. The number of nitrogens with one attached hydrogen (secondary N) is 1. The van der Waals surface area contributed by atoms with E-state index in [9.17, 15) is 9.90 Å². The monoisotopic (exact) mass is 437 g/mol. The van der Waals surface area contributed by atoms with Gasteiger partial charge in [0.2, 0.25) is 5.91 Å². The van der Waals surface area contributed by atoms with Gasteiger partial charge in [-0.1, -0.05) is 11.6 Å². The van der Waals surface area contributed by atoms with Crippen molar-refractivity contribution < 1.29 is 9.90 Å². The van der Waals surface area contributed by atoms with Crippen LogP contribution in [-0.4, -0.2) is 39.1 Å². The topological polar surface area (TPSA) is 91.2 Å². The zero-order valence-corrected chi connectivity index (χ0v) is 18.2. The molecular weight excluding hydrogens is 414 g/mol. The average Bonchev–Trinajstić information content (AvgIpc) is 2.78. The lowest BCUT2D eigenvalue weighted by molar-refractivity contribution is -0.120. The van der Waals surface area contributed by atoms with Crippen LogP contribution < -0.4 is 10.2 Å². The zero-order valence-electron chi connectivity index (χ0n) is 17.5. The molecule has 4 rings (SSSR count). The number of carbonyl (C=O) groups is 1. The van der Waals surface area contributed by atoms with Crippen molar-refractivity contribution in [1.29, 1.82) is 0 Å². The van der Waals surface area contributed by atoms with Crippen LogP contribution in [-0.2, 0) is 4.79 Å². The Morgan fingerprint density at radius 3 is 2.68 bits per heavy atom. The predicted molar refractivity (Wildman–Crippen MR) is 121 cm³/mol. The van der Waals surface area contributed by atoms with E-state index in [1.165, 1.54) is 6.07 Å². The lowest BCUT2D eigenvalue weighted by Gasteiger charge is -2.33. The van der Waals surface area contributed by atoms with Gasteiger partial charge in [0.15, 0.2) is 5.82 Å². The molecule has 7 nitrogen and oxygen atoms in total. The summed E-state index contributed by atoms with van der Waals surface area (Å²) >= 11 is 5.97. The molecule has 1 amide bonds. The first-order chi connectivity index (χ1) is 14.9. The minimum absolute atomic E-state index is 0.00482. The van der Waals surface area contributed by atoms with E-state index in [0.29, 0.717) is 42.5 Å². The van der Waals surface area contributed by atoms with Crippen molar-refractivity contribution in [3.05, 3.63) is 59.0 Å². The first-order valence-electron chi connectivity index (χ1n) is 10.2. The lowest BCUT2D eigenvalue weighted by Crippen LogP contribution is -2.39. The van der Waals surface area contributed by atoms with Gasteiger partial charge in [0, 0.05) is 53.2 Å². The molecule has 0 radical (unpaired) electrons. The van der Waals surface area contributed by atoms with E-state index in [1.54, 1.807) is 24.5 Å². The van der Waals surface area contributed by atoms with Crippen LogP contribution in [0.25, 0.3) is 11.4 Å². The van der Waals surface area contributed by atoms with Crippen LogP contribution in [0.3, 0.4) is 0 Å². The molecule has 3 aromatic rings. The van der Waals surface area contributed by atoms with Crippen molar-refractivity contribution in [3.8, 4) is 17.1 Å². The standard InChI is InChI=1S/C23H24ClN5O2/c1-14-15(2)26-21(17-4-3-9-25-13-17)28-22(14)29-10-7-16(8-11-29)23(31)27-19-12-18(24)5-6-20(19)30/h3-6,9,12-13,16,30H,7-8,10-11H2,1-2H3,(H,27,31). The highest BCUT2D eigenvalue weighted by atomic mass is 35.5. The number of phenols is 1. The molecule has 31 heavy (non-hydrogen) atoms. The number of nitrogens with zero attached hydrogens (tertiary/aromatic N) is 4. The third-order valence-corrected chi connectivity index (χ3v) is 5.90. The number of hydrogen-bond donors (Lipinski definition) is 2. The molecule has 1 saturated heterocycles. The number of halogens is 1. The number of pyridine rings is 1. The number of aromatic nitrogens is 3. The van der Waals surface area contributed by atoms with Crippen LogP contribution in [0.1, 0.15) is 24.1 Å². The molecule has 0 unspecified atom stereocenters. The van der Waals surface area contributed by atoms with E-state index in [1.807, 2.05) is 26.0 Å². The summed E-state index contributed by atoms with van der Waals surface area (Å²) in [5.41, 5.74) is 3.19. The summed E-state index contributed by atoms with van der Waals surface area (Å²) in [6, 6.07) is 8.42. The van der Waals surface area contributed by atoms with E-state index in [2.05, 4.69) is 20.2 Å². The predicted octanol–water partition coefficient (Wildman–Crippen LogP) is 4.37. The van der Waals surface area contributed by atoms with Crippen molar-refractivity contribution >= 4 is 29.0 Å². The molecule has 160 valence electrons. The normalized spacial score (nSPS) is 14.5. The van der Waals surface area contributed by atoms with Gasteiger partial charge in [-0.2, -0.15) is 0 Å². The van der Waals surface area contributed by atoms with Crippen LogP contribution in [0.2, 0.25) is 5.02 Å². The number of aromatic hydroxyl groups is 1. The third-order valence-electron chi connectivity index (χ3n) is 5.67. The SMILES string of the molecule is Cc1nc(-c2cccnc2)nc(N2CCC(C(=O)Nc3cc(Cl)ccc3O)CC2)c1C. The molecule has 0 atom stereocenters. The Morgan fingerprint density at radius 2 is 1.97 bits per heavy atom. The molecule has 2 aromatic heterocycles. The van der Waals surface area contributed by atoms with Gasteiger partial charge in [-0.15, -0.1) is 0 Å². The second kappa shape index (κ2) is 8.89. The number of rotatable bonds is 4. The Bertz CT molecular complexity index is 1100. The van der Waals surface area contributed by atoms with Crippen LogP contribution in [0.4, 0.5) is 11.5 Å². The molecule has 0 saturated carbocycles. The van der Waals surface area contributed by atoms with E-state index >= 15 is 0 Å². The van der Waals surface area contributed by atoms with Gasteiger partial charge in [0.05, 0.1) is 5.69 Å². The molecule has 2 N–H and O–H groups in total. The second-order valence-electron chi connectivity index (χ2n) is 7.73. The molecule has 1 aromatic carbocycles. The molecule has 1 aliphatic heterocycles. The fraction of sp³-hybridized carbons (Fsp3) is 0.304. The summed E-state index contributed by atoms with van der Waals surface area (Å²) in [5, 5.41) is 13.2. The third kappa shape index (κ3) is 4.61. The molecular formula is C23H24ClN5O2. The molecule has 1 fully saturated rings. The highest BCUT2D eigenvalue weighted by molar-refractivity contribution is 6.31. The summed E-state index contributed by atoms with van der Waals surface area (Å²) in [6.45, 7) is 5.43. The maximum Gasteiger partial charge on any atom is 0.227 e. The minimum Gasteiger partial charge on any atom is -0.506 e. The Labute approximate surface area is 186 Å². The quantitative estimate of drug-likeness (QED) is 0.589. The first kappa shape index (κ1) is 21.1. The average molecular weight is 438 g/mol. The fourth-order valence-corrected chi connectivity index (χ4v) is 3.91.